The van der Waals surface area contributed by atoms with E-state index in [9.17, 15) is 4.79 Å². The lowest BCUT2D eigenvalue weighted by atomic mass is 10.1. The SMILES string of the molecule is Cc1ccc2oc(C(=O)c3c(Br)nnn3C)cc2c1. The van der Waals surface area contributed by atoms with Crippen molar-refractivity contribution in [2.24, 2.45) is 7.05 Å². The molecule has 0 aliphatic heterocycles. The van der Waals surface area contributed by atoms with E-state index in [1.807, 2.05) is 25.1 Å². The molecule has 0 saturated heterocycles. The van der Waals surface area contributed by atoms with E-state index in [0.717, 1.165) is 10.9 Å². The van der Waals surface area contributed by atoms with Crippen molar-refractivity contribution in [3.05, 3.63) is 45.9 Å². The van der Waals surface area contributed by atoms with Gasteiger partial charge in [-0.3, -0.25) is 4.79 Å². The summed E-state index contributed by atoms with van der Waals surface area (Å²) in [4.78, 5) is 12.4. The van der Waals surface area contributed by atoms with Crippen LogP contribution in [-0.2, 0) is 7.05 Å². The number of carbonyl (C=O) groups is 1. The second-order valence-corrected chi connectivity index (χ2v) is 5.08. The Morgan fingerprint density at radius 3 is 2.84 bits per heavy atom. The molecule has 3 rings (SSSR count). The van der Waals surface area contributed by atoms with Gasteiger partial charge in [-0.05, 0) is 41.1 Å². The smallest absolute Gasteiger partial charge is 0.249 e. The second-order valence-electron chi connectivity index (χ2n) is 4.33. The van der Waals surface area contributed by atoms with Gasteiger partial charge in [-0.25, -0.2) is 4.68 Å². The average Bonchev–Trinajstić information content (AvgIpc) is 2.92. The molecule has 3 aromatic rings. The van der Waals surface area contributed by atoms with Gasteiger partial charge in [-0.2, -0.15) is 0 Å². The minimum atomic E-state index is -0.242. The van der Waals surface area contributed by atoms with Gasteiger partial charge in [0.25, 0.3) is 0 Å². The Kier molecular flexibility index (Phi) is 2.74. The molecule has 0 bridgehead atoms. The molecule has 19 heavy (non-hydrogen) atoms. The summed E-state index contributed by atoms with van der Waals surface area (Å²) in [5.74, 6) is 0.0416. The number of nitrogens with zero attached hydrogens (tertiary/aromatic N) is 3. The van der Waals surface area contributed by atoms with Gasteiger partial charge in [0.05, 0.1) is 0 Å². The monoisotopic (exact) mass is 319 g/mol. The highest BCUT2D eigenvalue weighted by molar-refractivity contribution is 9.10. The summed E-state index contributed by atoms with van der Waals surface area (Å²) >= 11 is 3.21. The van der Waals surface area contributed by atoms with Crippen LogP contribution in [0.5, 0.6) is 0 Å². The summed E-state index contributed by atoms with van der Waals surface area (Å²) in [5, 5.41) is 8.50. The fourth-order valence-corrected chi connectivity index (χ4v) is 2.47. The Labute approximate surface area is 117 Å². The van der Waals surface area contributed by atoms with Gasteiger partial charge in [-0.15, -0.1) is 5.10 Å². The normalized spacial score (nSPS) is 11.1. The van der Waals surface area contributed by atoms with E-state index >= 15 is 0 Å². The third-order valence-corrected chi connectivity index (χ3v) is 3.43. The first-order chi connectivity index (χ1) is 9.06. The van der Waals surface area contributed by atoms with Crippen LogP contribution in [-0.4, -0.2) is 20.8 Å². The minimum Gasteiger partial charge on any atom is -0.453 e. The molecule has 0 saturated carbocycles. The number of ketones is 1. The number of carbonyl (C=O) groups excluding carboxylic acids is 1. The quantitative estimate of drug-likeness (QED) is 0.681. The molecule has 0 aliphatic rings. The van der Waals surface area contributed by atoms with Crippen LogP contribution in [0.4, 0.5) is 0 Å². The molecule has 0 N–H and O–H groups in total. The molecule has 6 heteroatoms. The molecule has 1 aromatic carbocycles. The van der Waals surface area contributed by atoms with Gasteiger partial charge in [0.1, 0.15) is 11.3 Å². The molecule has 0 fully saturated rings. The highest BCUT2D eigenvalue weighted by Crippen LogP contribution is 2.24. The molecule has 0 amide bonds. The Morgan fingerprint density at radius 1 is 1.37 bits per heavy atom. The van der Waals surface area contributed by atoms with E-state index in [4.69, 9.17) is 4.42 Å². The van der Waals surface area contributed by atoms with E-state index < -0.39 is 0 Å². The lowest BCUT2D eigenvalue weighted by Crippen LogP contribution is -2.07. The van der Waals surface area contributed by atoms with Crippen molar-refractivity contribution >= 4 is 32.7 Å². The molecule has 0 spiro atoms. The van der Waals surface area contributed by atoms with Crippen molar-refractivity contribution in [2.75, 3.05) is 0 Å². The molecular weight excluding hydrogens is 310 g/mol. The largest absolute Gasteiger partial charge is 0.453 e. The van der Waals surface area contributed by atoms with Gasteiger partial charge in [0, 0.05) is 12.4 Å². The topological polar surface area (TPSA) is 60.9 Å². The third-order valence-electron chi connectivity index (χ3n) is 2.90. The number of hydrogen-bond donors (Lipinski definition) is 0. The van der Waals surface area contributed by atoms with Gasteiger partial charge in [0.15, 0.2) is 10.4 Å². The van der Waals surface area contributed by atoms with Crippen molar-refractivity contribution in [1.29, 1.82) is 0 Å². The van der Waals surface area contributed by atoms with Gasteiger partial charge >= 0.3 is 0 Å². The van der Waals surface area contributed by atoms with Crippen LogP contribution in [0.25, 0.3) is 11.0 Å². The summed E-state index contributed by atoms with van der Waals surface area (Å²) in [5.41, 5.74) is 2.19. The molecule has 0 aliphatic carbocycles. The Balaban J connectivity index is 2.12. The first-order valence-electron chi connectivity index (χ1n) is 5.66. The van der Waals surface area contributed by atoms with Crippen LogP contribution in [0.3, 0.4) is 0 Å². The van der Waals surface area contributed by atoms with E-state index in [2.05, 4.69) is 26.2 Å². The molecule has 0 unspecified atom stereocenters. The van der Waals surface area contributed by atoms with Crippen LogP contribution < -0.4 is 0 Å². The van der Waals surface area contributed by atoms with Crippen molar-refractivity contribution in [3.63, 3.8) is 0 Å². The number of halogens is 1. The summed E-state index contributed by atoms with van der Waals surface area (Å²) in [6.45, 7) is 2.00. The van der Waals surface area contributed by atoms with Gasteiger partial charge < -0.3 is 4.42 Å². The number of aryl methyl sites for hydroxylation is 2. The highest BCUT2D eigenvalue weighted by atomic mass is 79.9. The Bertz CT molecular complexity index is 769. The van der Waals surface area contributed by atoms with Crippen LogP contribution in [0.2, 0.25) is 0 Å². The van der Waals surface area contributed by atoms with E-state index in [1.165, 1.54) is 4.68 Å². The van der Waals surface area contributed by atoms with E-state index in [-0.39, 0.29) is 11.5 Å². The van der Waals surface area contributed by atoms with Crippen LogP contribution in [0.15, 0.2) is 33.3 Å². The predicted molar refractivity (Wildman–Crippen MR) is 73.1 cm³/mol. The standard InChI is InChI=1S/C13H10BrN3O2/c1-7-3-4-9-8(5-7)6-10(19-9)12(18)11-13(14)15-16-17(11)2/h3-6H,1-2H3. The summed E-state index contributed by atoms with van der Waals surface area (Å²) in [6, 6.07) is 7.52. The fraction of sp³-hybridized carbons (Fsp3) is 0.154. The zero-order chi connectivity index (χ0) is 13.6. The van der Waals surface area contributed by atoms with E-state index in [0.29, 0.717) is 15.9 Å². The number of fused-ring (bicyclic) bond motifs is 1. The third kappa shape index (κ3) is 1.98. The minimum absolute atomic E-state index is 0.242. The highest BCUT2D eigenvalue weighted by Gasteiger charge is 2.22. The van der Waals surface area contributed by atoms with Crippen LogP contribution in [0.1, 0.15) is 21.8 Å². The summed E-state index contributed by atoms with van der Waals surface area (Å²) in [7, 11) is 1.66. The molecule has 2 aromatic heterocycles. The first kappa shape index (κ1) is 12.1. The zero-order valence-corrected chi connectivity index (χ0v) is 11.9. The fourth-order valence-electron chi connectivity index (χ4n) is 1.96. The maximum atomic E-state index is 12.4. The predicted octanol–water partition coefficient (Wildman–Crippen LogP) is 2.86. The van der Waals surface area contributed by atoms with Crippen LogP contribution >= 0.6 is 15.9 Å². The number of aromatic nitrogens is 3. The summed E-state index contributed by atoms with van der Waals surface area (Å²) < 4.78 is 7.41. The maximum Gasteiger partial charge on any atom is 0.249 e. The Morgan fingerprint density at radius 2 is 2.16 bits per heavy atom. The van der Waals surface area contributed by atoms with Crippen molar-refractivity contribution in [3.8, 4) is 0 Å². The van der Waals surface area contributed by atoms with Crippen molar-refractivity contribution in [1.82, 2.24) is 15.0 Å². The second kappa shape index (κ2) is 4.31. The lowest BCUT2D eigenvalue weighted by Gasteiger charge is -1.96. The van der Waals surface area contributed by atoms with Crippen molar-refractivity contribution in [2.45, 2.75) is 6.92 Å². The van der Waals surface area contributed by atoms with Crippen molar-refractivity contribution < 1.29 is 9.21 Å². The summed E-state index contributed by atoms with van der Waals surface area (Å²) in [6.07, 6.45) is 0. The first-order valence-corrected chi connectivity index (χ1v) is 6.45. The molecule has 96 valence electrons. The number of furan rings is 1. The lowest BCUT2D eigenvalue weighted by molar-refractivity contribution is 0.100. The molecule has 0 atom stereocenters. The molecule has 5 nitrogen and oxygen atoms in total. The molecular formula is C13H10BrN3O2. The molecule has 2 heterocycles. The van der Waals surface area contributed by atoms with E-state index in [1.54, 1.807) is 13.1 Å². The maximum absolute atomic E-state index is 12.4. The number of hydrogen-bond acceptors (Lipinski definition) is 4. The zero-order valence-electron chi connectivity index (χ0n) is 10.3. The average molecular weight is 320 g/mol. The number of benzene rings is 1. The number of rotatable bonds is 2. The van der Waals surface area contributed by atoms with Gasteiger partial charge in [-0.1, -0.05) is 16.8 Å². The van der Waals surface area contributed by atoms with Crippen LogP contribution in [0, 0.1) is 6.92 Å². The van der Waals surface area contributed by atoms with Gasteiger partial charge in [0.2, 0.25) is 5.78 Å². The Hall–Kier alpha value is -1.95. The molecule has 0 radical (unpaired) electrons.